The van der Waals surface area contributed by atoms with E-state index in [0.717, 1.165) is 15.7 Å². The lowest BCUT2D eigenvalue weighted by Gasteiger charge is -2.20. The molecule has 114 valence electrons. The second kappa shape index (κ2) is 7.61. The maximum atomic E-state index is 6.33. The van der Waals surface area contributed by atoms with Crippen molar-refractivity contribution in [3.63, 3.8) is 0 Å². The quantitative estimate of drug-likeness (QED) is 0.809. The average molecular weight is 393 g/mol. The summed E-state index contributed by atoms with van der Waals surface area (Å²) >= 11 is 16.0. The van der Waals surface area contributed by atoms with Crippen LogP contribution in [0.1, 0.15) is 17.3 Å². The van der Waals surface area contributed by atoms with E-state index in [9.17, 15) is 0 Å². The third-order valence-electron chi connectivity index (χ3n) is 3.17. The van der Waals surface area contributed by atoms with Crippen LogP contribution in [0.3, 0.4) is 0 Å². The molecule has 0 radical (unpaired) electrons. The van der Waals surface area contributed by atoms with Crippen LogP contribution in [0.2, 0.25) is 10.0 Å². The molecule has 1 heterocycles. The van der Waals surface area contributed by atoms with Gasteiger partial charge >= 0.3 is 0 Å². The Morgan fingerprint density at radius 2 is 2.19 bits per heavy atom. The lowest BCUT2D eigenvalue weighted by atomic mass is 10.0. The fourth-order valence-electron chi connectivity index (χ4n) is 2.19. The van der Waals surface area contributed by atoms with Crippen molar-refractivity contribution in [2.45, 2.75) is 12.6 Å². The van der Waals surface area contributed by atoms with Gasteiger partial charge in [0.15, 0.2) is 0 Å². The van der Waals surface area contributed by atoms with Crippen molar-refractivity contribution >= 4 is 39.1 Å². The first-order valence-electron chi connectivity index (χ1n) is 6.40. The Hall–Kier alpha value is -0.590. The van der Waals surface area contributed by atoms with E-state index in [2.05, 4.69) is 26.3 Å². The van der Waals surface area contributed by atoms with Crippen LogP contribution in [0, 0.1) is 0 Å². The second-order valence-corrected chi connectivity index (χ2v) is 6.18. The van der Waals surface area contributed by atoms with Crippen LogP contribution in [-0.2, 0) is 11.3 Å². The smallest absolute Gasteiger partial charge is 0.0772 e. The van der Waals surface area contributed by atoms with Gasteiger partial charge in [-0.1, -0.05) is 23.2 Å². The number of aromatic nitrogens is 2. The molecular weight excluding hydrogens is 377 g/mol. The first kappa shape index (κ1) is 16.8. The van der Waals surface area contributed by atoms with E-state index in [4.69, 9.17) is 27.9 Å². The van der Waals surface area contributed by atoms with Gasteiger partial charge in [-0.3, -0.25) is 4.68 Å². The number of hydrogen-bond acceptors (Lipinski definition) is 3. The summed E-state index contributed by atoms with van der Waals surface area (Å²) in [4.78, 5) is 0. The highest BCUT2D eigenvalue weighted by atomic mass is 79.9. The summed E-state index contributed by atoms with van der Waals surface area (Å²) in [5.41, 5.74) is 1.89. The Morgan fingerprint density at radius 3 is 2.86 bits per heavy atom. The van der Waals surface area contributed by atoms with Gasteiger partial charge in [0.1, 0.15) is 0 Å². The van der Waals surface area contributed by atoms with Gasteiger partial charge in [0.2, 0.25) is 0 Å². The van der Waals surface area contributed by atoms with Crippen molar-refractivity contribution in [1.82, 2.24) is 15.1 Å². The molecule has 0 saturated carbocycles. The van der Waals surface area contributed by atoms with E-state index < -0.39 is 0 Å². The maximum Gasteiger partial charge on any atom is 0.0772 e. The van der Waals surface area contributed by atoms with Gasteiger partial charge in [0.05, 0.1) is 35.6 Å². The van der Waals surface area contributed by atoms with E-state index in [1.165, 1.54) is 0 Å². The van der Waals surface area contributed by atoms with Crippen molar-refractivity contribution in [3.05, 3.63) is 50.2 Å². The van der Waals surface area contributed by atoms with Crippen molar-refractivity contribution in [3.8, 4) is 0 Å². The summed E-state index contributed by atoms with van der Waals surface area (Å²) in [6.45, 7) is 1.24. The highest BCUT2D eigenvalue weighted by Gasteiger charge is 2.22. The van der Waals surface area contributed by atoms with Gasteiger partial charge in [0, 0.05) is 17.2 Å². The van der Waals surface area contributed by atoms with E-state index >= 15 is 0 Å². The summed E-state index contributed by atoms with van der Waals surface area (Å²) in [7, 11) is 3.55. The Balaban J connectivity index is 2.46. The number of halogens is 3. The standard InChI is InChI=1S/C14H16BrCl2N3O/c1-18-13(10-7-9(16)3-4-12(10)17)14-11(15)8-19-20(14)5-6-21-2/h3-4,7-8,13,18H,5-6H2,1-2H3. The number of nitrogens with zero attached hydrogens (tertiary/aromatic N) is 2. The summed E-state index contributed by atoms with van der Waals surface area (Å²) in [5, 5.41) is 8.95. The Bertz CT molecular complexity index is 618. The van der Waals surface area contributed by atoms with Crippen LogP contribution in [0.15, 0.2) is 28.9 Å². The van der Waals surface area contributed by atoms with Gasteiger partial charge in [0.25, 0.3) is 0 Å². The topological polar surface area (TPSA) is 39.1 Å². The minimum Gasteiger partial charge on any atom is -0.383 e. The fourth-order valence-corrected chi connectivity index (χ4v) is 3.12. The van der Waals surface area contributed by atoms with Gasteiger partial charge in [-0.25, -0.2) is 0 Å². The van der Waals surface area contributed by atoms with Crippen molar-refractivity contribution < 1.29 is 4.74 Å². The van der Waals surface area contributed by atoms with Crippen molar-refractivity contribution in [1.29, 1.82) is 0 Å². The normalized spacial score (nSPS) is 12.6. The summed E-state index contributed by atoms with van der Waals surface area (Å²) in [5.74, 6) is 0. The molecule has 0 saturated heterocycles. The molecule has 4 nitrogen and oxygen atoms in total. The van der Waals surface area contributed by atoms with Crippen LogP contribution in [0.25, 0.3) is 0 Å². The molecule has 1 atom stereocenters. The molecule has 2 rings (SSSR count). The Labute approximate surface area is 142 Å². The molecule has 0 aliphatic heterocycles. The number of ether oxygens (including phenoxy) is 1. The van der Waals surface area contributed by atoms with Crippen LogP contribution in [0.4, 0.5) is 0 Å². The van der Waals surface area contributed by atoms with Gasteiger partial charge in [-0.05, 0) is 46.7 Å². The Kier molecular flexibility index (Phi) is 6.08. The van der Waals surface area contributed by atoms with Crippen molar-refractivity contribution in [2.75, 3.05) is 20.8 Å². The highest BCUT2D eigenvalue weighted by molar-refractivity contribution is 9.10. The molecule has 0 amide bonds. The molecule has 0 aliphatic carbocycles. The minimum atomic E-state index is -0.120. The van der Waals surface area contributed by atoms with E-state index in [0.29, 0.717) is 23.2 Å². The largest absolute Gasteiger partial charge is 0.383 e. The van der Waals surface area contributed by atoms with Crippen LogP contribution >= 0.6 is 39.1 Å². The van der Waals surface area contributed by atoms with E-state index in [1.54, 1.807) is 25.4 Å². The summed E-state index contributed by atoms with van der Waals surface area (Å²) < 4.78 is 7.93. The maximum absolute atomic E-state index is 6.33. The van der Waals surface area contributed by atoms with Gasteiger partial charge in [-0.15, -0.1) is 0 Å². The SMILES string of the molecule is CNC(c1cc(Cl)ccc1Cl)c1c(Br)cnn1CCOC. The molecule has 1 N–H and O–H groups in total. The minimum absolute atomic E-state index is 0.120. The Morgan fingerprint density at radius 1 is 1.43 bits per heavy atom. The predicted molar refractivity (Wildman–Crippen MR) is 89.2 cm³/mol. The van der Waals surface area contributed by atoms with Crippen molar-refractivity contribution in [2.24, 2.45) is 0 Å². The zero-order valence-electron chi connectivity index (χ0n) is 11.7. The number of hydrogen-bond donors (Lipinski definition) is 1. The molecule has 0 fully saturated rings. The zero-order valence-corrected chi connectivity index (χ0v) is 14.8. The molecular formula is C14H16BrCl2N3O. The summed E-state index contributed by atoms with van der Waals surface area (Å²) in [6, 6.07) is 5.32. The molecule has 21 heavy (non-hydrogen) atoms. The average Bonchev–Trinajstić information content (AvgIpc) is 2.83. The fraction of sp³-hybridized carbons (Fsp3) is 0.357. The lowest BCUT2D eigenvalue weighted by molar-refractivity contribution is 0.182. The lowest BCUT2D eigenvalue weighted by Crippen LogP contribution is -2.23. The number of rotatable bonds is 6. The van der Waals surface area contributed by atoms with E-state index in [-0.39, 0.29) is 6.04 Å². The van der Waals surface area contributed by atoms with Gasteiger partial charge < -0.3 is 10.1 Å². The number of benzene rings is 1. The first-order chi connectivity index (χ1) is 10.1. The van der Waals surface area contributed by atoms with E-state index in [1.807, 2.05) is 17.8 Å². The molecule has 1 aromatic heterocycles. The number of nitrogens with one attached hydrogen (secondary N) is 1. The molecule has 0 aliphatic rings. The second-order valence-electron chi connectivity index (χ2n) is 4.48. The molecule has 1 aromatic carbocycles. The van der Waals surface area contributed by atoms with Crippen LogP contribution in [0.5, 0.6) is 0 Å². The van der Waals surface area contributed by atoms with Gasteiger partial charge in [-0.2, -0.15) is 5.10 Å². The highest BCUT2D eigenvalue weighted by Crippen LogP contribution is 2.33. The summed E-state index contributed by atoms with van der Waals surface area (Å²) in [6.07, 6.45) is 1.77. The first-order valence-corrected chi connectivity index (χ1v) is 7.95. The predicted octanol–water partition coefficient (Wildman–Crippen LogP) is 3.91. The molecule has 2 aromatic rings. The molecule has 0 bridgehead atoms. The monoisotopic (exact) mass is 391 g/mol. The third kappa shape index (κ3) is 3.79. The van der Waals surface area contributed by atoms with Crippen LogP contribution < -0.4 is 5.32 Å². The molecule has 0 spiro atoms. The molecule has 1 unspecified atom stereocenters. The third-order valence-corrected chi connectivity index (χ3v) is 4.36. The molecule has 7 heteroatoms. The van der Waals surface area contributed by atoms with Crippen LogP contribution in [-0.4, -0.2) is 30.5 Å². The number of methoxy groups -OCH3 is 1. The zero-order chi connectivity index (χ0) is 15.4.